The van der Waals surface area contributed by atoms with Gasteiger partial charge in [-0.05, 0) is 61.4 Å². The lowest BCUT2D eigenvalue weighted by molar-refractivity contribution is -0.130. The Morgan fingerprint density at radius 1 is 1.09 bits per heavy atom. The number of aliphatic hydroxyl groups is 1. The van der Waals surface area contributed by atoms with E-state index < -0.39 is 23.5 Å². The van der Waals surface area contributed by atoms with Crippen LogP contribution in [0.5, 0.6) is 11.5 Å². The molecule has 170 valence electrons. The Kier molecular flexibility index (Phi) is 6.22. The number of amides is 1. The number of carbonyl (C=O) groups excluding carboxylic acids is 2. The van der Waals surface area contributed by atoms with Crippen molar-refractivity contribution in [1.29, 1.82) is 0 Å². The predicted octanol–water partition coefficient (Wildman–Crippen LogP) is 4.85. The minimum Gasteiger partial charge on any atom is -0.503 e. The van der Waals surface area contributed by atoms with Gasteiger partial charge in [-0.3, -0.25) is 9.59 Å². The van der Waals surface area contributed by atoms with E-state index in [0.29, 0.717) is 17.1 Å². The van der Waals surface area contributed by atoms with Crippen molar-refractivity contribution < 1.29 is 28.6 Å². The molecule has 7 heteroatoms. The number of methoxy groups -OCH3 is 1. The molecular formula is C26H25NO6. The summed E-state index contributed by atoms with van der Waals surface area (Å²) in [6, 6.07) is 16.8. The van der Waals surface area contributed by atoms with E-state index in [-0.39, 0.29) is 24.0 Å². The number of nitrogens with zero attached hydrogens (tertiary/aromatic N) is 1. The second kappa shape index (κ2) is 9.24. The first-order valence-corrected chi connectivity index (χ1v) is 10.6. The normalized spacial score (nSPS) is 15.9. The average molecular weight is 447 g/mol. The van der Waals surface area contributed by atoms with E-state index in [4.69, 9.17) is 13.9 Å². The molecule has 0 saturated carbocycles. The van der Waals surface area contributed by atoms with Crippen LogP contribution < -0.4 is 9.47 Å². The van der Waals surface area contributed by atoms with Gasteiger partial charge in [0.1, 0.15) is 11.5 Å². The maximum Gasteiger partial charge on any atom is 0.290 e. The largest absolute Gasteiger partial charge is 0.503 e. The van der Waals surface area contributed by atoms with E-state index >= 15 is 0 Å². The predicted molar refractivity (Wildman–Crippen MR) is 121 cm³/mol. The molecular weight excluding hydrogens is 422 g/mol. The zero-order valence-electron chi connectivity index (χ0n) is 18.6. The first-order chi connectivity index (χ1) is 15.9. The van der Waals surface area contributed by atoms with Gasteiger partial charge in [-0.25, -0.2) is 0 Å². The van der Waals surface area contributed by atoms with Gasteiger partial charge in [0.05, 0.1) is 31.1 Å². The van der Waals surface area contributed by atoms with Crippen molar-refractivity contribution in [2.24, 2.45) is 0 Å². The van der Waals surface area contributed by atoms with Gasteiger partial charge < -0.3 is 23.9 Å². The Balaban J connectivity index is 1.79. The van der Waals surface area contributed by atoms with Gasteiger partial charge in [-0.2, -0.15) is 0 Å². The van der Waals surface area contributed by atoms with Crippen LogP contribution in [0.15, 0.2) is 82.7 Å². The van der Waals surface area contributed by atoms with Crippen molar-refractivity contribution in [3.05, 3.63) is 95.1 Å². The molecule has 7 nitrogen and oxygen atoms in total. The molecule has 4 rings (SSSR count). The molecule has 0 fully saturated rings. The van der Waals surface area contributed by atoms with E-state index in [9.17, 15) is 14.7 Å². The number of furan rings is 1. The molecule has 0 aliphatic carbocycles. The van der Waals surface area contributed by atoms with Crippen molar-refractivity contribution in [2.75, 3.05) is 7.11 Å². The Morgan fingerprint density at radius 3 is 2.55 bits per heavy atom. The van der Waals surface area contributed by atoms with Gasteiger partial charge in [0.2, 0.25) is 5.78 Å². The average Bonchev–Trinajstić information content (AvgIpc) is 3.42. The molecule has 1 atom stereocenters. The van der Waals surface area contributed by atoms with E-state index in [1.54, 1.807) is 37.4 Å². The fourth-order valence-electron chi connectivity index (χ4n) is 3.93. The van der Waals surface area contributed by atoms with Crippen LogP contribution in [0.3, 0.4) is 0 Å². The third kappa shape index (κ3) is 4.48. The van der Waals surface area contributed by atoms with E-state index in [2.05, 4.69) is 0 Å². The topological polar surface area (TPSA) is 89.2 Å². The van der Waals surface area contributed by atoms with Crippen LogP contribution >= 0.6 is 0 Å². The zero-order valence-corrected chi connectivity index (χ0v) is 18.6. The molecule has 2 heterocycles. The molecule has 1 aliphatic heterocycles. The highest BCUT2D eigenvalue weighted by atomic mass is 16.5. The SMILES string of the molecule is COc1cccc(CN2C(=O)C(O)=C(C(=O)c3ccco3)C2c2cccc(OC(C)C)c2)c1. The van der Waals surface area contributed by atoms with Crippen LogP contribution in [0.1, 0.15) is 41.6 Å². The maximum atomic E-state index is 13.3. The summed E-state index contributed by atoms with van der Waals surface area (Å²) in [5.41, 5.74) is 1.41. The van der Waals surface area contributed by atoms with Gasteiger partial charge in [0.15, 0.2) is 11.5 Å². The fourth-order valence-corrected chi connectivity index (χ4v) is 3.93. The third-order valence-corrected chi connectivity index (χ3v) is 5.33. The van der Waals surface area contributed by atoms with Crippen molar-refractivity contribution in [3.63, 3.8) is 0 Å². The number of hydrogen-bond acceptors (Lipinski definition) is 6. The number of Topliss-reactive ketones (excluding diaryl/α,β-unsaturated/α-hetero) is 1. The molecule has 1 amide bonds. The molecule has 0 radical (unpaired) electrons. The molecule has 0 saturated heterocycles. The van der Waals surface area contributed by atoms with E-state index in [0.717, 1.165) is 5.56 Å². The van der Waals surface area contributed by atoms with Gasteiger partial charge in [-0.15, -0.1) is 0 Å². The number of hydrogen-bond donors (Lipinski definition) is 1. The van der Waals surface area contributed by atoms with Crippen LogP contribution in [0.2, 0.25) is 0 Å². The number of aliphatic hydroxyl groups excluding tert-OH is 1. The molecule has 0 spiro atoms. The highest BCUT2D eigenvalue weighted by Crippen LogP contribution is 2.41. The monoisotopic (exact) mass is 447 g/mol. The fraction of sp³-hybridized carbons (Fsp3) is 0.231. The summed E-state index contributed by atoms with van der Waals surface area (Å²) in [6.45, 7) is 3.99. The first-order valence-electron chi connectivity index (χ1n) is 10.6. The van der Waals surface area contributed by atoms with Crippen LogP contribution in [0.4, 0.5) is 0 Å². The smallest absolute Gasteiger partial charge is 0.290 e. The molecule has 3 aromatic rings. The lowest BCUT2D eigenvalue weighted by Crippen LogP contribution is -2.30. The first kappa shape index (κ1) is 22.2. The minimum atomic E-state index is -0.822. The molecule has 1 N–H and O–H groups in total. The highest BCUT2D eigenvalue weighted by Gasteiger charge is 2.44. The van der Waals surface area contributed by atoms with Crippen molar-refractivity contribution in [1.82, 2.24) is 4.90 Å². The van der Waals surface area contributed by atoms with Gasteiger partial charge in [0, 0.05) is 6.54 Å². The summed E-state index contributed by atoms with van der Waals surface area (Å²) in [5, 5.41) is 10.8. The summed E-state index contributed by atoms with van der Waals surface area (Å²) in [6.07, 6.45) is 1.33. The highest BCUT2D eigenvalue weighted by molar-refractivity contribution is 6.15. The third-order valence-electron chi connectivity index (χ3n) is 5.33. The minimum absolute atomic E-state index is 0.0282. The summed E-state index contributed by atoms with van der Waals surface area (Å²) >= 11 is 0. The molecule has 0 bridgehead atoms. The number of benzene rings is 2. The Morgan fingerprint density at radius 2 is 1.85 bits per heavy atom. The summed E-state index contributed by atoms with van der Waals surface area (Å²) in [7, 11) is 1.57. The van der Waals surface area contributed by atoms with Gasteiger partial charge in [0.25, 0.3) is 5.91 Å². The summed E-state index contributed by atoms with van der Waals surface area (Å²) < 4.78 is 16.4. The van der Waals surface area contributed by atoms with Crippen LogP contribution in [-0.2, 0) is 11.3 Å². The zero-order chi connectivity index (χ0) is 23.5. The molecule has 1 unspecified atom stereocenters. The van der Waals surface area contributed by atoms with Crippen molar-refractivity contribution in [3.8, 4) is 11.5 Å². The van der Waals surface area contributed by atoms with Crippen molar-refractivity contribution in [2.45, 2.75) is 32.5 Å². The number of rotatable bonds is 8. The van der Waals surface area contributed by atoms with Gasteiger partial charge >= 0.3 is 0 Å². The molecule has 1 aromatic heterocycles. The van der Waals surface area contributed by atoms with Crippen molar-refractivity contribution >= 4 is 11.7 Å². The van der Waals surface area contributed by atoms with E-state index in [1.807, 2.05) is 38.1 Å². The van der Waals surface area contributed by atoms with Gasteiger partial charge in [-0.1, -0.05) is 24.3 Å². The Bertz CT molecular complexity index is 1200. The summed E-state index contributed by atoms with van der Waals surface area (Å²) in [5.74, 6) is -0.460. The lowest BCUT2D eigenvalue weighted by atomic mass is 9.94. The second-order valence-corrected chi connectivity index (χ2v) is 7.99. The van der Waals surface area contributed by atoms with E-state index in [1.165, 1.54) is 17.2 Å². The van der Waals surface area contributed by atoms with Crippen LogP contribution in [0, 0.1) is 0 Å². The lowest BCUT2D eigenvalue weighted by Gasteiger charge is -2.27. The summed E-state index contributed by atoms with van der Waals surface area (Å²) in [4.78, 5) is 27.9. The molecule has 33 heavy (non-hydrogen) atoms. The van der Waals surface area contributed by atoms with Crippen LogP contribution in [0.25, 0.3) is 0 Å². The quantitative estimate of drug-likeness (QED) is 0.497. The Labute approximate surface area is 191 Å². The second-order valence-electron chi connectivity index (χ2n) is 7.99. The maximum absolute atomic E-state index is 13.3. The molecule has 2 aromatic carbocycles. The number of carbonyl (C=O) groups is 2. The molecule has 1 aliphatic rings. The Hall–Kier alpha value is -4.00. The van der Waals surface area contributed by atoms with Crippen LogP contribution in [-0.4, -0.2) is 34.9 Å². The number of ether oxygens (including phenoxy) is 2. The standard InChI is InChI=1S/C26H25NO6/c1-16(2)33-20-10-5-8-18(14-20)23-22(24(28)21-11-6-12-32-21)25(29)26(30)27(23)15-17-7-4-9-19(13-17)31-3/h4-14,16,23,29H,15H2,1-3H3. The number of ketones is 1.